The third kappa shape index (κ3) is 4.70. The minimum Gasteiger partial charge on any atom is -0.369 e. The molecule has 18 heavy (non-hydrogen) atoms. The first-order valence-electron chi connectivity index (χ1n) is 5.54. The number of hydrogen-bond donors (Lipinski definition) is 1. The Morgan fingerprint density at radius 1 is 1.17 bits per heavy atom. The highest BCUT2D eigenvalue weighted by Gasteiger charge is 2.06. The molecule has 100 valence electrons. The molecule has 0 unspecified atom stereocenters. The van der Waals surface area contributed by atoms with E-state index in [4.69, 9.17) is 23.2 Å². The summed E-state index contributed by atoms with van der Waals surface area (Å²) in [4.78, 5) is 12.9. The van der Waals surface area contributed by atoms with Gasteiger partial charge in [-0.15, -0.1) is 23.2 Å². The van der Waals surface area contributed by atoms with Crippen LogP contribution in [0.5, 0.6) is 0 Å². The number of carbonyl (C=O) groups is 1. The minimum atomic E-state index is -1.02. The van der Waals surface area contributed by atoms with Crippen LogP contribution in [0, 0.1) is 0 Å². The average Bonchev–Trinajstić information content (AvgIpc) is 2.39. The van der Waals surface area contributed by atoms with Crippen molar-refractivity contribution in [3.63, 3.8) is 0 Å². The molecule has 3 nitrogen and oxygen atoms in total. The Kier molecular flexibility index (Phi) is 6.83. The zero-order chi connectivity index (χ0) is 13.4. The van der Waals surface area contributed by atoms with Crippen molar-refractivity contribution in [1.82, 2.24) is 0 Å². The van der Waals surface area contributed by atoms with E-state index < -0.39 is 12.6 Å². The fourth-order valence-corrected chi connectivity index (χ4v) is 1.93. The van der Waals surface area contributed by atoms with Gasteiger partial charge in [-0.1, -0.05) is 0 Å². The maximum atomic E-state index is 12.0. The summed E-state index contributed by atoms with van der Waals surface area (Å²) in [5, 5.41) is 2.44. The van der Waals surface area contributed by atoms with Gasteiger partial charge in [0.05, 0.1) is 0 Å². The second kappa shape index (κ2) is 8.16. The molecule has 1 amide bonds. The van der Waals surface area contributed by atoms with Crippen LogP contribution in [0.2, 0.25) is 0 Å². The molecule has 0 bridgehead atoms. The summed E-state index contributed by atoms with van der Waals surface area (Å²) in [6, 6.07) is 7.12. The van der Waals surface area contributed by atoms with Gasteiger partial charge in [0.1, 0.15) is 0 Å². The Morgan fingerprint density at radius 2 is 1.72 bits per heavy atom. The lowest BCUT2D eigenvalue weighted by molar-refractivity contribution is -0.117. The van der Waals surface area contributed by atoms with Crippen molar-refractivity contribution in [2.75, 3.05) is 41.7 Å². The van der Waals surface area contributed by atoms with Gasteiger partial charge in [-0.05, 0) is 24.3 Å². The van der Waals surface area contributed by atoms with Crippen LogP contribution in [-0.4, -0.2) is 37.4 Å². The van der Waals surface area contributed by atoms with E-state index in [1.54, 1.807) is 12.1 Å². The molecule has 0 heterocycles. The Labute approximate surface area is 116 Å². The predicted molar refractivity (Wildman–Crippen MR) is 74.7 cm³/mol. The molecule has 0 radical (unpaired) electrons. The fourth-order valence-electron chi connectivity index (χ4n) is 1.52. The number of rotatable bonds is 7. The molecule has 1 N–H and O–H groups in total. The molecule has 1 aromatic carbocycles. The third-order valence-electron chi connectivity index (χ3n) is 2.35. The van der Waals surface area contributed by atoms with Gasteiger partial charge in [0, 0.05) is 36.2 Å². The highest BCUT2D eigenvalue weighted by molar-refractivity contribution is 6.18. The van der Waals surface area contributed by atoms with Gasteiger partial charge in [0.2, 0.25) is 0 Å². The monoisotopic (exact) mass is 292 g/mol. The minimum absolute atomic E-state index is 0.511. The fraction of sp³-hybridized carbons (Fsp3) is 0.417. The normalized spacial score (nSPS) is 10.2. The van der Waals surface area contributed by atoms with Gasteiger partial charge in [-0.2, -0.15) is 0 Å². The van der Waals surface area contributed by atoms with Crippen LogP contribution in [-0.2, 0) is 4.79 Å². The molecule has 0 aromatic heterocycles. The summed E-state index contributed by atoms with van der Waals surface area (Å²) in [6.45, 7) is 0.376. The summed E-state index contributed by atoms with van der Waals surface area (Å²) >= 11 is 11.4. The van der Waals surface area contributed by atoms with E-state index in [-0.39, 0.29) is 0 Å². The SMILES string of the molecule is O=C(CF)Nc1ccc(N(CCCl)CCCl)cc1. The Balaban J connectivity index is 2.70. The van der Waals surface area contributed by atoms with Crippen molar-refractivity contribution in [3.8, 4) is 0 Å². The topological polar surface area (TPSA) is 32.3 Å². The number of halogens is 3. The predicted octanol–water partition coefficient (Wildman–Crippen LogP) is 2.88. The van der Waals surface area contributed by atoms with Crippen LogP contribution in [0.4, 0.5) is 15.8 Å². The summed E-state index contributed by atoms with van der Waals surface area (Å²) in [6.07, 6.45) is 0. The lowest BCUT2D eigenvalue weighted by Gasteiger charge is -2.23. The molecular formula is C12H15Cl2FN2O. The first kappa shape index (κ1) is 15.1. The van der Waals surface area contributed by atoms with Gasteiger partial charge in [-0.25, -0.2) is 4.39 Å². The second-order valence-corrected chi connectivity index (χ2v) is 4.35. The van der Waals surface area contributed by atoms with E-state index in [2.05, 4.69) is 5.32 Å². The second-order valence-electron chi connectivity index (χ2n) is 3.59. The molecule has 0 saturated heterocycles. The van der Waals surface area contributed by atoms with E-state index in [1.807, 2.05) is 17.0 Å². The van der Waals surface area contributed by atoms with Crippen molar-refractivity contribution in [3.05, 3.63) is 24.3 Å². The number of benzene rings is 1. The lowest BCUT2D eigenvalue weighted by Crippen LogP contribution is -2.27. The van der Waals surface area contributed by atoms with Crippen LogP contribution >= 0.6 is 23.2 Å². The van der Waals surface area contributed by atoms with E-state index in [1.165, 1.54) is 0 Å². The third-order valence-corrected chi connectivity index (χ3v) is 2.68. The van der Waals surface area contributed by atoms with Crippen molar-refractivity contribution >= 4 is 40.5 Å². The molecular weight excluding hydrogens is 278 g/mol. The average molecular weight is 293 g/mol. The van der Waals surface area contributed by atoms with Gasteiger partial charge < -0.3 is 10.2 Å². The van der Waals surface area contributed by atoms with E-state index >= 15 is 0 Å². The molecule has 0 aliphatic heterocycles. The smallest absolute Gasteiger partial charge is 0.255 e. The molecule has 6 heteroatoms. The maximum absolute atomic E-state index is 12.0. The highest BCUT2D eigenvalue weighted by Crippen LogP contribution is 2.18. The zero-order valence-corrected chi connectivity index (χ0v) is 11.3. The maximum Gasteiger partial charge on any atom is 0.255 e. The summed E-state index contributed by atoms with van der Waals surface area (Å²) in [5.41, 5.74) is 1.53. The van der Waals surface area contributed by atoms with Crippen LogP contribution in [0.15, 0.2) is 24.3 Å². The zero-order valence-electron chi connectivity index (χ0n) is 9.83. The van der Waals surface area contributed by atoms with E-state index in [0.29, 0.717) is 30.5 Å². The van der Waals surface area contributed by atoms with Gasteiger partial charge >= 0.3 is 0 Å². The quantitative estimate of drug-likeness (QED) is 0.784. The molecule has 0 spiro atoms. The van der Waals surface area contributed by atoms with Gasteiger partial charge in [0.25, 0.3) is 5.91 Å². The highest BCUT2D eigenvalue weighted by atomic mass is 35.5. The summed E-state index contributed by atoms with van der Waals surface area (Å²) in [7, 11) is 0. The Hall–Kier alpha value is -1.00. The molecule has 1 rings (SSSR count). The number of nitrogens with zero attached hydrogens (tertiary/aromatic N) is 1. The van der Waals surface area contributed by atoms with E-state index in [0.717, 1.165) is 5.69 Å². The molecule has 0 fully saturated rings. The number of alkyl halides is 3. The summed E-state index contributed by atoms with van der Waals surface area (Å²) in [5.74, 6) is 0.371. The number of anilines is 2. The van der Waals surface area contributed by atoms with Crippen LogP contribution in [0.3, 0.4) is 0 Å². The van der Waals surface area contributed by atoms with Gasteiger partial charge in [0.15, 0.2) is 6.67 Å². The summed E-state index contributed by atoms with van der Waals surface area (Å²) < 4.78 is 12.0. The largest absolute Gasteiger partial charge is 0.369 e. The van der Waals surface area contributed by atoms with Crippen molar-refractivity contribution < 1.29 is 9.18 Å². The number of hydrogen-bond acceptors (Lipinski definition) is 2. The van der Waals surface area contributed by atoms with Crippen LogP contribution in [0.1, 0.15) is 0 Å². The number of amides is 1. The number of nitrogens with one attached hydrogen (secondary N) is 1. The van der Waals surface area contributed by atoms with Crippen molar-refractivity contribution in [1.29, 1.82) is 0 Å². The standard InChI is InChI=1S/C12H15Cl2FN2O/c13-5-7-17(8-6-14)11-3-1-10(2-4-11)16-12(18)9-15/h1-4H,5-9H2,(H,16,18). The molecule has 1 aromatic rings. The number of carbonyl (C=O) groups excluding carboxylic acids is 1. The molecule has 0 atom stereocenters. The lowest BCUT2D eigenvalue weighted by atomic mass is 10.2. The van der Waals surface area contributed by atoms with Gasteiger partial charge in [-0.3, -0.25) is 4.79 Å². The van der Waals surface area contributed by atoms with Crippen molar-refractivity contribution in [2.45, 2.75) is 0 Å². The first-order valence-corrected chi connectivity index (χ1v) is 6.61. The van der Waals surface area contributed by atoms with Crippen LogP contribution < -0.4 is 10.2 Å². The molecule has 0 aliphatic carbocycles. The Morgan fingerprint density at radius 3 is 2.17 bits per heavy atom. The first-order chi connectivity index (χ1) is 8.71. The molecule has 0 aliphatic rings. The Bertz CT molecular complexity index is 367. The van der Waals surface area contributed by atoms with E-state index in [9.17, 15) is 9.18 Å². The van der Waals surface area contributed by atoms with Crippen molar-refractivity contribution in [2.24, 2.45) is 0 Å². The molecule has 0 saturated carbocycles. The van der Waals surface area contributed by atoms with Crippen LogP contribution in [0.25, 0.3) is 0 Å².